The summed E-state index contributed by atoms with van der Waals surface area (Å²) in [7, 11) is 1.59. The Labute approximate surface area is 176 Å². The number of ether oxygens (including phenoxy) is 1. The zero-order valence-electron chi connectivity index (χ0n) is 15.0. The van der Waals surface area contributed by atoms with Crippen LogP contribution in [0, 0.1) is 10.1 Å². The predicted molar refractivity (Wildman–Crippen MR) is 116 cm³/mol. The number of hydrazone groups is 1. The number of nitrogens with zero attached hydrogens (tertiary/aromatic N) is 3. The number of anilines is 1. The Morgan fingerprint density at radius 3 is 2.43 bits per heavy atom. The highest BCUT2D eigenvalue weighted by molar-refractivity contribution is 9.09. The van der Waals surface area contributed by atoms with Crippen LogP contribution in [0.4, 0.5) is 11.4 Å². The van der Waals surface area contributed by atoms with Crippen molar-refractivity contribution >= 4 is 50.3 Å². The summed E-state index contributed by atoms with van der Waals surface area (Å²) in [6, 6.07) is 13.3. The second-order valence-electron chi connectivity index (χ2n) is 5.49. The van der Waals surface area contributed by atoms with Crippen LogP contribution < -0.4 is 10.1 Å². The molecule has 2 rings (SSSR count). The minimum atomic E-state index is -0.458. The number of nitro groups is 1. The molecule has 8 nitrogen and oxygen atoms in total. The molecule has 2 N–H and O–H groups in total. The quantitative estimate of drug-likeness (QED) is 0.202. The van der Waals surface area contributed by atoms with Gasteiger partial charge in [0.2, 0.25) is 0 Å². The fourth-order valence-electron chi connectivity index (χ4n) is 2.24. The SMILES string of the molecule is COc1ccc(NC(=S)N(CCO)N=C(CBr)c2ccc([N+](=O)[O-])cc2)cc1. The van der Waals surface area contributed by atoms with Crippen LogP contribution in [0.1, 0.15) is 5.56 Å². The maximum Gasteiger partial charge on any atom is 0.269 e. The normalized spacial score (nSPS) is 11.0. The number of aliphatic hydroxyl groups excluding tert-OH is 1. The monoisotopic (exact) mass is 466 g/mol. The van der Waals surface area contributed by atoms with Crippen LogP contribution in [0.15, 0.2) is 53.6 Å². The average Bonchev–Trinajstić information content (AvgIpc) is 2.71. The number of hydrogen-bond donors (Lipinski definition) is 2. The van der Waals surface area contributed by atoms with E-state index in [4.69, 9.17) is 17.0 Å². The van der Waals surface area contributed by atoms with Crippen molar-refractivity contribution in [1.29, 1.82) is 0 Å². The summed E-state index contributed by atoms with van der Waals surface area (Å²) in [5.74, 6) is 0.724. The van der Waals surface area contributed by atoms with Crippen molar-refractivity contribution in [3.63, 3.8) is 0 Å². The second-order valence-corrected chi connectivity index (χ2v) is 6.44. The van der Waals surface area contributed by atoms with E-state index in [9.17, 15) is 15.2 Å². The lowest BCUT2D eigenvalue weighted by atomic mass is 10.1. The number of hydrogen-bond acceptors (Lipinski definition) is 6. The van der Waals surface area contributed by atoms with Crippen molar-refractivity contribution in [1.82, 2.24) is 5.01 Å². The van der Waals surface area contributed by atoms with Crippen molar-refractivity contribution < 1.29 is 14.8 Å². The Hall–Kier alpha value is -2.56. The Morgan fingerprint density at radius 1 is 1.29 bits per heavy atom. The zero-order valence-corrected chi connectivity index (χ0v) is 17.4. The second kappa shape index (κ2) is 10.7. The Bertz CT molecular complexity index is 844. The van der Waals surface area contributed by atoms with Gasteiger partial charge < -0.3 is 15.2 Å². The van der Waals surface area contributed by atoms with Gasteiger partial charge in [0, 0.05) is 23.2 Å². The molecule has 148 valence electrons. The average molecular weight is 467 g/mol. The van der Waals surface area contributed by atoms with Crippen molar-refractivity contribution in [2.75, 3.05) is 30.9 Å². The summed E-state index contributed by atoms with van der Waals surface area (Å²) in [5, 5.41) is 29.9. The molecule has 0 atom stereocenters. The van der Waals surface area contributed by atoms with E-state index in [-0.39, 0.29) is 18.8 Å². The number of aliphatic hydroxyl groups is 1. The molecule has 0 aliphatic rings. The van der Waals surface area contributed by atoms with Crippen molar-refractivity contribution in [2.45, 2.75) is 0 Å². The summed E-state index contributed by atoms with van der Waals surface area (Å²) >= 11 is 8.80. The molecule has 2 aromatic carbocycles. The van der Waals surface area contributed by atoms with Crippen LogP contribution in [0.5, 0.6) is 5.75 Å². The highest BCUT2D eigenvalue weighted by Crippen LogP contribution is 2.17. The lowest BCUT2D eigenvalue weighted by Crippen LogP contribution is -2.34. The third-order valence-electron chi connectivity index (χ3n) is 3.67. The van der Waals surface area contributed by atoms with E-state index >= 15 is 0 Å². The predicted octanol–water partition coefficient (Wildman–Crippen LogP) is 3.39. The number of nitrogens with one attached hydrogen (secondary N) is 1. The largest absolute Gasteiger partial charge is 0.497 e. The van der Waals surface area contributed by atoms with Crippen LogP contribution in [0.25, 0.3) is 0 Å². The van der Waals surface area contributed by atoms with E-state index < -0.39 is 4.92 Å². The minimum absolute atomic E-state index is 0.00146. The van der Waals surface area contributed by atoms with E-state index in [1.165, 1.54) is 17.1 Å². The maximum absolute atomic E-state index is 10.8. The van der Waals surface area contributed by atoms with E-state index in [1.807, 2.05) is 12.1 Å². The van der Waals surface area contributed by atoms with Crippen LogP contribution >= 0.6 is 28.1 Å². The van der Waals surface area contributed by atoms with Gasteiger partial charge >= 0.3 is 0 Å². The maximum atomic E-state index is 10.8. The van der Waals surface area contributed by atoms with E-state index in [1.54, 1.807) is 31.4 Å². The number of alkyl halides is 1. The van der Waals surface area contributed by atoms with Gasteiger partial charge in [0.1, 0.15) is 5.75 Å². The van der Waals surface area contributed by atoms with Crippen molar-refractivity contribution in [2.24, 2.45) is 5.10 Å². The highest BCUT2D eigenvalue weighted by atomic mass is 79.9. The molecule has 28 heavy (non-hydrogen) atoms. The molecule has 0 fully saturated rings. The summed E-state index contributed by atoms with van der Waals surface area (Å²) in [4.78, 5) is 10.4. The molecular formula is C18H19BrN4O4S. The van der Waals surface area contributed by atoms with Gasteiger partial charge in [-0.1, -0.05) is 15.9 Å². The number of nitro benzene ring substituents is 1. The van der Waals surface area contributed by atoms with Crippen molar-refractivity contribution in [3.8, 4) is 5.75 Å². The summed E-state index contributed by atoms with van der Waals surface area (Å²) in [6.45, 7) is 0.0369. The summed E-state index contributed by atoms with van der Waals surface area (Å²) < 4.78 is 5.13. The van der Waals surface area contributed by atoms with Gasteiger partial charge in [0.05, 0.1) is 30.9 Å². The fourth-order valence-corrected chi connectivity index (χ4v) is 2.92. The number of benzene rings is 2. The minimum Gasteiger partial charge on any atom is -0.497 e. The molecule has 0 heterocycles. The smallest absolute Gasteiger partial charge is 0.269 e. The lowest BCUT2D eigenvalue weighted by Gasteiger charge is -2.21. The number of thiocarbonyl (C=S) groups is 1. The number of halogens is 1. The Morgan fingerprint density at radius 2 is 1.93 bits per heavy atom. The zero-order chi connectivity index (χ0) is 20.5. The summed E-state index contributed by atoms with van der Waals surface area (Å²) in [5.41, 5.74) is 2.07. The summed E-state index contributed by atoms with van der Waals surface area (Å²) in [6.07, 6.45) is 0. The van der Waals surface area contributed by atoms with Crippen LogP contribution in [0.3, 0.4) is 0 Å². The van der Waals surface area contributed by atoms with E-state index in [2.05, 4.69) is 26.3 Å². The highest BCUT2D eigenvalue weighted by Gasteiger charge is 2.13. The Kier molecular flexibility index (Phi) is 8.30. The molecule has 0 unspecified atom stereocenters. The first-order chi connectivity index (χ1) is 13.5. The van der Waals surface area contributed by atoms with Gasteiger partial charge in [-0.05, 0) is 54.2 Å². The van der Waals surface area contributed by atoms with Crippen LogP contribution in [-0.2, 0) is 0 Å². The first-order valence-corrected chi connectivity index (χ1v) is 9.73. The molecule has 0 radical (unpaired) electrons. The van der Waals surface area contributed by atoms with Gasteiger partial charge in [0.15, 0.2) is 5.11 Å². The van der Waals surface area contributed by atoms with E-state index in [0.29, 0.717) is 21.7 Å². The molecule has 10 heteroatoms. The first-order valence-electron chi connectivity index (χ1n) is 8.20. The van der Waals surface area contributed by atoms with Crippen LogP contribution in [0.2, 0.25) is 0 Å². The van der Waals surface area contributed by atoms with Gasteiger partial charge in [-0.15, -0.1) is 0 Å². The van der Waals surface area contributed by atoms with Gasteiger partial charge in [0.25, 0.3) is 5.69 Å². The van der Waals surface area contributed by atoms with Gasteiger partial charge in [-0.3, -0.25) is 10.1 Å². The third kappa shape index (κ3) is 5.98. The molecule has 0 aliphatic carbocycles. The molecule has 0 bridgehead atoms. The molecule has 2 aromatic rings. The topological polar surface area (TPSA) is 100 Å². The molecule has 0 saturated carbocycles. The fraction of sp³-hybridized carbons (Fsp3) is 0.222. The molecule has 0 amide bonds. The third-order valence-corrected chi connectivity index (χ3v) is 4.51. The van der Waals surface area contributed by atoms with Crippen LogP contribution in [-0.4, -0.2) is 51.5 Å². The molecule has 0 spiro atoms. The van der Waals surface area contributed by atoms with E-state index in [0.717, 1.165) is 11.4 Å². The molecule has 0 saturated heterocycles. The van der Waals surface area contributed by atoms with Crippen molar-refractivity contribution in [3.05, 3.63) is 64.2 Å². The number of non-ortho nitro benzene ring substituents is 1. The molecule has 0 aromatic heterocycles. The molecule has 0 aliphatic heterocycles. The number of rotatable bonds is 8. The van der Waals surface area contributed by atoms with Gasteiger partial charge in [-0.2, -0.15) is 5.10 Å². The first kappa shape index (κ1) is 21.7. The standard InChI is InChI=1S/C18H19BrN4O4S/c1-27-16-8-4-14(5-9-16)20-18(28)22(10-11-24)21-17(12-19)13-2-6-15(7-3-13)23(25)26/h2-9,24H,10-12H2,1H3,(H,20,28). The lowest BCUT2D eigenvalue weighted by molar-refractivity contribution is -0.384. The number of methoxy groups -OCH3 is 1. The Balaban J connectivity index is 2.21. The van der Waals surface area contributed by atoms with Gasteiger partial charge in [-0.25, -0.2) is 5.01 Å². The molecular weight excluding hydrogens is 448 g/mol.